The van der Waals surface area contributed by atoms with Crippen molar-refractivity contribution >= 4 is 6.21 Å². The van der Waals surface area contributed by atoms with Gasteiger partial charge in [0.05, 0.1) is 0 Å². The van der Waals surface area contributed by atoms with Crippen LogP contribution < -0.4 is 0 Å². The highest BCUT2D eigenvalue weighted by molar-refractivity contribution is 5.60. The van der Waals surface area contributed by atoms with Crippen LogP contribution in [0.5, 0.6) is 0 Å². The highest BCUT2D eigenvalue weighted by Crippen LogP contribution is 2.04. The molecule has 0 aliphatic rings. The smallest absolute Gasteiger partial charge is 0.105 e. The molecule has 0 aromatic carbocycles. The zero-order valence-corrected chi connectivity index (χ0v) is 5.89. The molecule has 3 nitrogen and oxygen atoms in total. The molecule has 0 rings (SSSR count). The number of hydrogen-bond donors (Lipinski definition) is 2. The van der Waals surface area contributed by atoms with E-state index in [0.717, 1.165) is 6.42 Å². The Hall–Kier alpha value is -0.730. The zero-order chi connectivity index (χ0) is 7.28. The molecule has 0 saturated carbocycles. The predicted octanol–water partition coefficient (Wildman–Crippen LogP) is 2.08. The average molecular weight is 127 g/mol. The van der Waals surface area contributed by atoms with Crippen molar-refractivity contribution < 1.29 is 0 Å². The molecule has 0 bridgehead atoms. The van der Waals surface area contributed by atoms with Gasteiger partial charge in [-0.3, -0.25) is 0 Å². The Labute approximate surface area is 55.5 Å². The Morgan fingerprint density at radius 3 is 2.22 bits per heavy atom. The van der Waals surface area contributed by atoms with Crippen LogP contribution in [0.25, 0.3) is 0 Å². The quantitative estimate of drug-likeness (QED) is 0.429. The molecule has 0 amide bonds. The van der Waals surface area contributed by atoms with Gasteiger partial charge in [0.15, 0.2) is 0 Å². The van der Waals surface area contributed by atoms with E-state index in [0.29, 0.717) is 5.92 Å². The first-order valence-electron chi connectivity index (χ1n) is 3.08. The third-order valence-corrected chi connectivity index (χ3v) is 1.07. The molecule has 0 aromatic heterocycles. The summed E-state index contributed by atoms with van der Waals surface area (Å²) in [7, 11) is 0. The van der Waals surface area contributed by atoms with Gasteiger partial charge in [0.2, 0.25) is 0 Å². The lowest BCUT2D eigenvalue weighted by Crippen LogP contribution is -2.07. The van der Waals surface area contributed by atoms with Gasteiger partial charge in [-0.05, 0) is 12.3 Å². The van der Waals surface area contributed by atoms with E-state index in [9.17, 15) is 0 Å². The van der Waals surface area contributed by atoms with E-state index in [-0.39, 0.29) is 6.04 Å². The Morgan fingerprint density at radius 1 is 1.56 bits per heavy atom. The van der Waals surface area contributed by atoms with E-state index in [1.54, 1.807) is 0 Å². The van der Waals surface area contributed by atoms with Crippen molar-refractivity contribution in [2.45, 2.75) is 26.3 Å². The Kier molecular flexibility index (Phi) is 3.84. The summed E-state index contributed by atoms with van der Waals surface area (Å²) >= 11 is 0. The van der Waals surface area contributed by atoms with Gasteiger partial charge in [-0.25, -0.2) is 5.53 Å². The highest BCUT2D eigenvalue weighted by Gasteiger charge is 2.03. The van der Waals surface area contributed by atoms with E-state index in [1.807, 2.05) is 0 Å². The lowest BCUT2D eigenvalue weighted by molar-refractivity contribution is 0.548. The number of hydrogen-bond acceptors (Lipinski definition) is 3. The van der Waals surface area contributed by atoms with Gasteiger partial charge in [0, 0.05) is 6.21 Å². The fraction of sp³-hybridized carbons (Fsp3) is 0.833. The molecule has 9 heavy (non-hydrogen) atoms. The van der Waals surface area contributed by atoms with E-state index in [1.165, 1.54) is 6.21 Å². The molecular formula is C6H13N3. The summed E-state index contributed by atoms with van der Waals surface area (Å²) in [6.45, 7) is 4.11. The summed E-state index contributed by atoms with van der Waals surface area (Å²) < 4.78 is 0. The van der Waals surface area contributed by atoms with Gasteiger partial charge < -0.3 is 5.41 Å². The van der Waals surface area contributed by atoms with Crippen LogP contribution in [-0.4, -0.2) is 12.3 Å². The summed E-state index contributed by atoms with van der Waals surface area (Å²) in [5.74, 6) is 0.519. The Morgan fingerprint density at radius 2 is 2.11 bits per heavy atom. The molecule has 1 atom stereocenters. The number of rotatable bonds is 4. The van der Waals surface area contributed by atoms with Crippen LogP contribution in [0.2, 0.25) is 0 Å². The van der Waals surface area contributed by atoms with E-state index in [2.05, 4.69) is 19.0 Å². The fourth-order valence-electron chi connectivity index (χ4n) is 0.641. The van der Waals surface area contributed by atoms with E-state index in [4.69, 9.17) is 10.9 Å². The minimum absolute atomic E-state index is 0.190. The van der Waals surface area contributed by atoms with Crippen LogP contribution in [0, 0.1) is 16.9 Å². The molecule has 0 radical (unpaired) electrons. The molecule has 0 spiro atoms. The minimum atomic E-state index is -0.190. The number of nitrogens with one attached hydrogen (secondary N) is 2. The zero-order valence-electron chi connectivity index (χ0n) is 5.89. The topological polar surface area (TPSA) is 60.1 Å². The molecule has 0 saturated heterocycles. The van der Waals surface area contributed by atoms with Crippen LogP contribution in [0.4, 0.5) is 0 Å². The first-order valence-corrected chi connectivity index (χ1v) is 3.08. The van der Waals surface area contributed by atoms with Crippen LogP contribution >= 0.6 is 0 Å². The van der Waals surface area contributed by atoms with Crippen molar-refractivity contribution in [2.24, 2.45) is 11.0 Å². The van der Waals surface area contributed by atoms with Gasteiger partial charge in [0.1, 0.15) is 6.04 Å². The summed E-state index contributed by atoms with van der Waals surface area (Å²) in [4.78, 5) is 0. The molecule has 52 valence electrons. The minimum Gasteiger partial charge on any atom is -0.311 e. The summed E-state index contributed by atoms with van der Waals surface area (Å²) in [6.07, 6.45) is 2.03. The maximum atomic E-state index is 6.81. The standard InChI is InChI=1S/C6H13N3/c1-5(2)3-6(4-7)9-8/h4-8H,3H2,1-2H3. The summed E-state index contributed by atoms with van der Waals surface area (Å²) in [5.41, 5.74) is 6.63. The van der Waals surface area contributed by atoms with E-state index < -0.39 is 0 Å². The monoisotopic (exact) mass is 127 g/mol. The molecular weight excluding hydrogens is 114 g/mol. The Balaban J connectivity index is 3.55. The largest absolute Gasteiger partial charge is 0.311 e. The maximum Gasteiger partial charge on any atom is 0.105 e. The first-order chi connectivity index (χ1) is 4.20. The predicted molar refractivity (Wildman–Crippen MR) is 37.2 cm³/mol. The molecule has 0 fully saturated rings. The van der Waals surface area contributed by atoms with Gasteiger partial charge in [0.25, 0.3) is 0 Å². The molecule has 1 unspecified atom stereocenters. The van der Waals surface area contributed by atoms with Crippen LogP contribution in [0.15, 0.2) is 5.11 Å². The normalized spacial score (nSPS) is 13.2. The van der Waals surface area contributed by atoms with Gasteiger partial charge in [-0.15, -0.1) is 0 Å². The van der Waals surface area contributed by atoms with Crippen molar-refractivity contribution in [1.82, 2.24) is 0 Å². The SMILES string of the molecule is CC(C)CC(C=N)N=N. The molecule has 0 heterocycles. The second-order valence-electron chi connectivity index (χ2n) is 2.49. The van der Waals surface area contributed by atoms with Crippen molar-refractivity contribution in [3.05, 3.63) is 0 Å². The molecule has 0 aliphatic carbocycles. The third kappa shape index (κ3) is 3.82. The van der Waals surface area contributed by atoms with Gasteiger partial charge in [-0.2, -0.15) is 5.11 Å². The highest BCUT2D eigenvalue weighted by atomic mass is 15.0. The summed E-state index contributed by atoms with van der Waals surface area (Å²) in [5, 5.41) is 10.1. The maximum absolute atomic E-state index is 6.81. The Bertz CT molecular complexity index is 90.5. The van der Waals surface area contributed by atoms with Crippen molar-refractivity contribution in [3.63, 3.8) is 0 Å². The lowest BCUT2D eigenvalue weighted by atomic mass is 10.1. The molecule has 0 aromatic rings. The first kappa shape index (κ1) is 8.27. The second kappa shape index (κ2) is 4.18. The molecule has 0 aliphatic heterocycles. The second-order valence-corrected chi connectivity index (χ2v) is 2.49. The van der Waals surface area contributed by atoms with Crippen molar-refractivity contribution in [1.29, 1.82) is 10.9 Å². The van der Waals surface area contributed by atoms with Crippen molar-refractivity contribution in [3.8, 4) is 0 Å². The van der Waals surface area contributed by atoms with Crippen LogP contribution in [-0.2, 0) is 0 Å². The summed E-state index contributed by atoms with van der Waals surface area (Å²) in [6, 6.07) is -0.190. The van der Waals surface area contributed by atoms with Crippen molar-refractivity contribution in [2.75, 3.05) is 0 Å². The lowest BCUT2D eigenvalue weighted by Gasteiger charge is -2.05. The average Bonchev–Trinajstić information content (AvgIpc) is 1.82. The van der Waals surface area contributed by atoms with E-state index >= 15 is 0 Å². The number of nitrogens with zero attached hydrogens (tertiary/aromatic N) is 1. The molecule has 2 N–H and O–H groups in total. The van der Waals surface area contributed by atoms with Crippen LogP contribution in [0.3, 0.4) is 0 Å². The fourth-order valence-corrected chi connectivity index (χ4v) is 0.641. The molecule has 3 heteroatoms. The van der Waals surface area contributed by atoms with Gasteiger partial charge >= 0.3 is 0 Å². The van der Waals surface area contributed by atoms with Crippen LogP contribution in [0.1, 0.15) is 20.3 Å². The van der Waals surface area contributed by atoms with Gasteiger partial charge in [-0.1, -0.05) is 13.8 Å². The third-order valence-electron chi connectivity index (χ3n) is 1.07.